The molecule has 26 heavy (non-hydrogen) atoms. The van der Waals surface area contributed by atoms with Crippen molar-refractivity contribution in [2.45, 2.75) is 22.8 Å². The van der Waals surface area contributed by atoms with Crippen LogP contribution in [-0.2, 0) is 4.79 Å². The largest absolute Gasteiger partial charge is 0.375 e. The molecule has 2 N–H and O–H groups in total. The van der Waals surface area contributed by atoms with Gasteiger partial charge in [0.1, 0.15) is 0 Å². The summed E-state index contributed by atoms with van der Waals surface area (Å²) in [5.41, 5.74) is 2.06. The summed E-state index contributed by atoms with van der Waals surface area (Å²) in [5, 5.41) is 6.28. The molecule has 3 aromatic carbocycles. The molecule has 1 atom stereocenters. The average Bonchev–Trinajstić information content (AvgIpc) is 2.69. The van der Waals surface area contributed by atoms with Crippen molar-refractivity contribution in [2.24, 2.45) is 0 Å². The minimum atomic E-state index is -0.0270. The van der Waals surface area contributed by atoms with Gasteiger partial charge in [0.25, 0.3) is 0 Å². The van der Waals surface area contributed by atoms with E-state index in [0.29, 0.717) is 0 Å². The maximum absolute atomic E-state index is 12.3. The summed E-state index contributed by atoms with van der Waals surface area (Å²) in [6.45, 7) is 2.23. The lowest BCUT2D eigenvalue weighted by atomic mass is 10.1. The quantitative estimate of drug-likeness (QED) is 0.612. The predicted octanol–water partition coefficient (Wildman–Crippen LogP) is 5.13. The van der Waals surface area contributed by atoms with Gasteiger partial charge in [-0.25, -0.2) is 0 Å². The lowest BCUT2D eigenvalue weighted by Crippen LogP contribution is -2.32. The van der Waals surface area contributed by atoms with Gasteiger partial charge >= 0.3 is 0 Å². The number of carbonyl (C=O) groups is 1. The van der Waals surface area contributed by atoms with Crippen LogP contribution in [-0.4, -0.2) is 12.5 Å². The van der Waals surface area contributed by atoms with Gasteiger partial charge in [0.05, 0.1) is 12.6 Å². The van der Waals surface area contributed by atoms with E-state index in [-0.39, 0.29) is 18.5 Å². The minimum absolute atomic E-state index is 0.0144. The fraction of sp³-hybridized carbons (Fsp3) is 0.136. The molecule has 0 aliphatic heterocycles. The Bertz CT molecular complexity index is 837. The zero-order valence-corrected chi connectivity index (χ0v) is 15.5. The van der Waals surface area contributed by atoms with E-state index in [1.54, 1.807) is 11.8 Å². The van der Waals surface area contributed by atoms with Crippen molar-refractivity contribution in [3.8, 4) is 0 Å². The zero-order valence-electron chi connectivity index (χ0n) is 14.7. The van der Waals surface area contributed by atoms with Crippen LogP contribution in [0, 0.1) is 0 Å². The van der Waals surface area contributed by atoms with Crippen molar-refractivity contribution >= 4 is 23.4 Å². The number of benzene rings is 3. The summed E-state index contributed by atoms with van der Waals surface area (Å²) in [6.07, 6.45) is 0. The first-order valence-corrected chi connectivity index (χ1v) is 9.44. The summed E-state index contributed by atoms with van der Waals surface area (Å²) in [4.78, 5) is 14.6. The molecule has 1 amide bonds. The number of hydrogen-bond acceptors (Lipinski definition) is 3. The fourth-order valence-corrected chi connectivity index (χ4v) is 3.55. The van der Waals surface area contributed by atoms with Crippen LogP contribution in [0.1, 0.15) is 18.5 Å². The monoisotopic (exact) mass is 362 g/mol. The van der Waals surface area contributed by atoms with E-state index in [0.717, 1.165) is 16.1 Å². The molecule has 0 saturated heterocycles. The molecule has 0 radical (unpaired) electrons. The van der Waals surface area contributed by atoms with Crippen LogP contribution < -0.4 is 10.6 Å². The number of amides is 1. The standard InChI is InChI=1S/C22H22N2OS/c1-17(18-10-4-2-5-11-18)24-22(25)16-23-20-14-8-9-15-21(20)26-19-12-6-3-7-13-19/h2-15,17,23H,16H2,1H3,(H,24,25). The molecule has 0 heterocycles. The molecule has 3 nitrogen and oxygen atoms in total. The number of rotatable bonds is 7. The topological polar surface area (TPSA) is 41.1 Å². The molecule has 0 saturated carbocycles. The van der Waals surface area contributed by atoms with Gasteiger partial charge in [-0.1, -0.05) is 72.4 Å². The van der Waals surface area contributed by atoms with Crippen LogP contribution in [0.25, 0.3) is 0 Å². The van der Waals surface area contributed by atoms with Gasteiger partial charge in [-0.05, 0) is 36.8 Å². The fourth-order valence-electron chi connectivity index (χ4n) is 2.61. The molecule has 0 bridgehead atoms. The van der Waals surface area contributed by atoms with Gasteiger partial charge in [0.15, 0.2) is 0 Å². The summed E-state index contributed by atoms with van der Waals surface area (Å²) in [7, 11) is 0. The number of para-hydroxylation sites is 1. The van der Waals surface area contributed by atoms with Crippen molar-refractivity contribution < 1.29 is 4.79 Å². The van der Waals surface area contributed by atoms with Crippen LogP contribution >= 0.6 is 11.8 Å². The molecule has 0 fully saturated rings. The van der Waals surface area contributed by atoms with Gasteiger partial charge in [-0.15, -0.1) is 0 Å². The Balaban J connectivity index is 1.58. The second-order valence-electron chi connectivity index (χ2n) is 5.96. The van der Waals surface area contributed by atoms with E-state index in [1.165, 1.54) is 4.90 Å². The average molecular weight is 362 g/mol. The first-order chi connectivity index (χ1) is 12.7. The first-order valence-electron chi connectivity index (χ1n) is 8.62. The van der Waals surface area contributed by atoms with Crippen molar-refractivity contribution in [3.05, 3.63) is 90.5 Å². The van der Waals surface area contributed by atoms with Gasteiger partial charge in [0, 0.05) is 15.5 Å². The summed E-state index contributed by atoms with van der Waals surface area (Å²) in [5.74, 6) is -0.0270. The van der Waals surface area contributed by atoms with E-state index in [2.05, 4.69) is 28.8 Å². The van der Waals surface area contributed by atoms with Crippen molar-refractivity contribution in [1.82, 2.24) is 5.32 Å². The van der Waals surface area contributed by atoms with E-state index in [9.17, 15) is 4.79 Å². The number of anilines is 1. The Kier molecular flexibility index (Phi) is 6.34. The van der Waals surface area contributed by atoms with Crippen LogP contribution in [0.4, 0.5) is 5.69 Å². The highest BCUT2D eigenvalue weighted by atomic mass is 32.2. The summed E-state index contributed by atoms with van der Waals surface area (Å²) in [6, 6.07) is 28.2. The van der Waals surface area contributed by atoms with Gasteiger partial charge in [-0.3, -0.25) is 4.79 Å². The lowest BCUT2D eigenvalue weighted by molar-refractivity contribution is -0.120. The Morgan fingerprint density at radius 3 is 2.23 bits per heavy atom. The summed E-state index contributed by atoms with van der Waals surface area (Å²) >= 11 is 1.68. The molecule has 0 aromatic heterocycles. The number of carbonyl (C=O) groups excluding carboxylic acids is 1. The maximum atomic E-state index is 12.3. The molecule has 4 heteroatoms. The molecular formula is C22H22N2OS. The highest BCUT2D eigenvalue weighted by Crippen LogP contribution is 2.32. The van der Waals surface area contributed by atoms with Crippen LogP contribution in [0.5, 0.6) is 0 Å². The Morgan fingerprint density at radius 1 is 0.885 bits per heavy atom. The van der Waals surface area contributed by atoms with Crippen molar-refractivity contribution in [1.29, 1.82) is 0 Å². The third-order valence-corrected chi connectivity index (χ3v) is 5.06. The van der Waals surface area contributed by atoms with E-state index >= 15 is 0 Å². The number of hydrogen-bond donors (Lipinski definition) is 2. The second kappa shape index (κ2) is 9.11. The Hall–Kier alpha value is -2.72. The van der Waals surface area contributed by atoms with Gasteiger partial charge in [-0.2, -0.15) is 0 Å². The SMILES string of the molecule is CC(NC(=O)CNc1ccccc1Sc1ccccc1)c1ccccc1. The van der Waals surface area contributed by atoms with Crippen LogP contribution in [0.2, 0.25) is 0 Å². The third-order valence-electron chi connectivity index (χ3n) is 3.97. The molecule has 3 rings (SSSR count). The molecule has 0 aliphatic rings. The van der Waals surface area contributed by atoms with E-state index < -0.39 is 0 Å². The van der Waals surface area contributed by atoms with Crippen LogP contribution in [0.15, 0.2) is 94.7 Å². The van der Waals surface area contributed by atoms with Crippen molar-refractivity contribution in [3.63, 3.8) is 0 Å². The molecule has 0 aliphatic carbocycles. The molecule has 132 valence electrons. The van der Waals surface area contributed by atoms with Crippen LogP contribution in [0.3, 0.4) is 0 Å². The molecule has 1 unspecified atom stereocenters. The molecule has 3 aromatic rings. The zero-order chi connectivity index (χ0) is 18.2. The van der Waals surface area contributed by atoms with Crippen molar-refractivity contribution in [2.75, 3.05) is 11.9 Å². The Morgan fingerprint density at radius 2 is 1.50 bits per heavy atom. The highest BCUT2D eigenvalue weighted by Gasteiger charge is 2.10. The highest BCUT2D eigenvalue weighted by molar-refractivity contribution is 7.99. The van der Waals surface area contributed by atoms with E-state index in [1.807, 2.05) is 73.7 Å². The minimum Gasteiger partial charge on any atom is -0.375 e. The first kappa shape index (κ1) is 18.1. The lowest BCUT2D eigenvalue weighted by Gasteiger charge is -2.16. The summed E-state index contributed by atoms with van der Waals surface area (Å²) < 4.78 is 0. The normalized spacial score (nSPS) is 11.6. The predicted molar refractivity (Wildman–Crippen MR) is 108 cm³/mol. The maximum Gasteiger partial charge on any atom is 0.239 e. The van der Waals surface area contributed by atoms with Gasteiger partial charge in [0.2, 0.25) is 5.91 Å². The third kappa shape index (κ3) is 5.14. The smallest absolute Gasteiger partial charge is 0.239 e. The Labute approximate surface area is 158 Å². The molecular weight excluding hydrogens is 340 g/mol. The van der Waals surface area contributed by atoms with Gasteiger partial charge < -0.3 is 10.6 Å². The second-order valence-corrected chi connectivity index (χ2v) is 7.08. The van der Waals surface area contributed by atoms with E-state index in [4.69, 9.17) is 0 Å². The number of nitrogens with one attached hydrogen (secondary N) is 2. The molecule has 0 spiro atoms.